The number of hydrogen-bond acceptors (Lipinski definition) is 7. The largest absolute Gasteiger partial charge is 0.495 e. The Morgan fingerprint density at radius 2 is 1.83 bits per heavy atom. The van der Waals surface area contributed by atoms with Gasteiger partial charge in [-0.15, -0.1) is 0 Å². The number of carbonyl (C=O) groups excluding carboxylic acids is 2. The quantitative estimate of drug-likeness (QED) is 0.350. The number of sulfonamides is 1. The number of amides is 2. The fraction of sp³-hybridized carbons (Fsp3) is 0.364. The molecule has 13 heteroatoms. The Kier molecular flexibility index (Phi) is 9.43. The Hall–Kier alpha value is -3.38. The first-order valence-electron chi connectivity index (χ1n) is 10.5. The molecule has 2 rings (SSSR count). The molecule has 0 aromatic heterocycles. The van der Waals surface area contributed by atoms with E-state index in [1.54, 1.807) is 31.2 Å². The van der Waals surface area contributed by atoms with Crippen molar-refractivity contribution < 1.29 is 27.7 Å². The van der Waals surface area contributed by atoms with E-state index in [9.17, 15) is 28.1 Å². The number of nitrogens with one attached hydrogen (secondary N) is 1. The zero-order valence-electron chi connectivity index (χ0n) is 19.7. The molecule has 1 N–H and O–H groups in total. The lowest BCUT2D eigenvalue weighted by atomic mass is 10.1. The molecule has 2 aromatic rings. The van der Waals surface area contributed by atoms with Crippen molar-refractivity contribution in [1.29, 1.82) is 0 Å². The third-order valence-electron chi connectivity index (χ3n) is 5.11. The molecule has 0 radical (unpaired) electrons. The molecule has 0 saturated heterocycles. The van der Waals surface area contributed by atoms with Crippen LogP contribution in [0.3, 0.4) is 0 Å². The number of rotatable bonds is 11. The summed E-state index contributed by atoms with van der Waals surface area (Å²) in [5.74, 6) is -1.10. The van der Waals surface area contributed by atoms with Crippen LogP contribution in [0, 0.1) is 10.1 Å². The van der Waals surface area contributed by atoms with Gasteiger partial charge in [0.05, 0.1) is 18.3 Å². The smallest absolute Gasteiger partial charge is 0.271 e. The molecule has 2 amide bonds. The number of likely N-dealkylation sites (N-methyl/N-ethyl adjacent to an activating group) is 1. The van der Waals surface area contributed by atoms with Gasteiger partial charge in [-0.2, -0.15) is 0 Å². The summed E-state index contributed by atoms with van der Waals surface area (Å²) in [6.07, 6.45) is 0.870. The molecule has 2 aromatic carbocycles. The van der Waals surface area contributed by atoms with Crippen LogP contribution >= 0.6 is 11.6 Å². The van der Waals surface area contributed by atoms with Gasteiger partial charge >= 0.3 is 0 Å². The summed E-state index contributed by atoms with van der Waals surface area (Å²) in [7, 11) is -2.82. The zero-order chi connectivity index (χ0) is 26.3. The molecule has 0 fully saturated rings. The van der Waals surface area contributed by atoms with Crippen molar-refractivity contribution >= 4 is 44.8 Å². The van der Waals surface area contributed by atoms with E-state index in [0.29, 0.717) is 17.1 Å². The highest BCUT2D eigenvalue weighted by Gasteiger charge is 2.31. The highest BCUT2D eigenvalue weighted by molar-refractivity contribution is 7.92. The predicted octanol–water partition coefficient (Wildman–Crippen LogP) is 2.58. The molecule has 1 unspecified atom stereocenters. The maximum Gasteiger partial charge on any atom is 0.271 e. The van der Waals surface area contributed by atoms with Crippen LogP contribution in [-0.2, 0) is 26.2 Å². The number of anilines is 1. The van der Waals surface area contributed by atoms with Crippen LogP contribution in [0.1, 0.15) is 19.4 Å². The number of nitrogens with zero attached hydrogens (tertiary/aromatic N) is 3. The number of hydrogen-bond donors (Lipinski definition) is 1. The summed E-state index contributed by atoms with van der Waals surface area (Å²) in [4.78, 5) is 37.8. The van der Waals surface area contributed by atoms with Gasteiger partial charge in [0.2, 0.25) is 21.8 Å². The summed E-state index contributed by atoms with van der Waals surface area (Å²) in [5, 5.41) is 14.4. The van der Waals surface area contributed by atoms with Gasteiger partial charge in [-0.3, -0.25) is 24.0 Å². The second kappa shape index (κ2) is 11.8. The van der Waals surface area contributed by atoms with E-state index in [-0.39, 0.29) is 23.7 Å². The molecular formula is C22H27ClN4O7S. The average molecular weight is 527 g/mol. The first-order chi connectivity index (χ1) is 16.4. The van der Waals surface area contributed by atoms with Gasteiger partial charge in [0.25, 0.3) is 5.69 Å². The van der Waals surface area contributed by atoms with E-state index < -0.39 is 39.3 Å². The standard InChI is InChI=1S/C22H27ClN4O7S/c1-5-24-22(29)15(2)25(13-16-6-8-17(23)9-7-16)21(28)14-26(35(4,32)33)19-12-18(27(30)31)10-11-20(19)34-3/h6-12,15H,5,13-14H2,1-4H3,(H,24,29). The lowest BCUT2D eigenvalue weighted by Crippen LogP contribution is -2.51. The van der Waals surface area contributed by atoms with Crippen molar-refractivity contribution in [3.05, 3.63) is 63.2 Å². The minimum Gasteiger partial charge on any atom is -0.495 e. The van der Waals surface area contributed by atoms with Gasteiger partial charge in [-0.25, -0.2) is 8.42 Å². The fourth-order valence-corrected chi connectivity index (χ4v) is 4.24. The Morgan fingerprint density at radius 1 is 1.20 bits per heavy atom. The Labute approximate surface area is 208 Å². The Bertz CT molecular complexity index is 1190. The van der Waals surface area contributed by atoms with E-state index in [2.05, 4.69) is 5.32 Å². The molecule has 0 aliphatic rings. The zero-order valence-corrected chi connectivity index (χ0v) is 21.3. The van der Waals surface area contributed by atoms with Gasteiger partial charge in [-0.05, 0) is 37.6 Å². The lowest BCUT2D eigenvalue weighted by Gasteiger charge is -2.31. The highest BCUT2D eigenvalue weighted by atomic mass is 35.5. The van der Waals surface area contributed by atoms with Crippen molar-refractivity contribution in [2.75, 3.05) is 30.8 Å². The maximum absolute atomic E-state index is 13.5. The summed E-state index contributed by atoms with van der Waals surface area (Å²) in [6, 6.07) is 9.12. The first-order valence-corrected chi connectivity index (χ1v) is 12.7. The molecular weight excluding hydrogens is 500 g/mol. The summed E-state index contributed by atoms with van der Waals surface area (Å²) in [6.45, 7) is 2.88. The number of benzene rings is 2. The first kappa shape index (κ1) is 27.9. The second-order valence-corrected chi connectivity index (χ2v) is 9.94. The normalized spacial score (nSPS) is 11.9. The topological polar surface area (TPSA) is 139 Å². The minimum absolute atomic E-state index is 0.00201. The molecule has 0 aliphatic carbocycles. The molecule has 0 heterocycles. The maximum atomic E-state index is 13.5. The van der Waals surface area contributed by atoms with Gasteiger partial charge in [-0.1, -0.05) is 23.7 Å². The third-order valence-corrected chi connectivity index (χ3v) is 6.48. The molecule has 0 spiro atoms. The number of methoxy groups -OCH3 is 1. The Morgan fingerprint density at radius 3 is 2.34 bits per heavy atom. The summed E-state index contributed by atoms with van der Waals surface area (Å²) in [5.41, 5.74) is 0.114. The van der Waals surface area contributed by atoms with E-state index >= 15 is 0 Å². The number of non-ortho nitro benzene ring substituents is 1. The van der Waals surface area contributed by atoms with Crippen LogP contribution in [0.15, 0.2) is 42.5 Å². The SMILES string of the molecule is CCNC(=O)C(C)N(Cc1ccc(Cl)cc1)C(=O)CN(c1cc([N+](=O)[O-])ccc1OC)S(C)(=O)=O. The van der Waals surface area contributed by atoms with E-state index in [4.69, 9.17) is 16.3 Å². The summed E-state index contributed by atoms with van der Waals surface area (Å²) >= 11 is 5.94. The second-order valence-electron chi connectivity index (χ2n) is 7.60. The van der Waals surface area contributed by atoms with Gasteiger partial charge in [0.1, 0.15) is 24.0 Å². The molecule has 0 bridgehead atoms. The van der Waals surface area contributed by atoms with Crippen molar-refractivity contribution in [3.8, 4) is 5.75 Å². The number of halogens is 1. The van der Waals surface area contributed by atoms with Crippen molar-refractivity contribution in [3.63, 3.8) is 0 Å². The van der Waals surface area contributed by atoms with Gasteiger partial charge in [0.15, 0.2) is 0 Å². The van der Waals surface area contributed by atoms with E-state index in [1.165, 1.54) is 25.0 Å². The average Bonchev–Trinajstić information content (AvgIpc) is 2.80. The fourth-order valence-electron chi connectivity index (χ4n) is 3.27. The summed E-state index contributed by atoms with van der Waals surface area (Å²) < 4.78 is 31.3. The predicted molar refractivity (Wildman–Crippen MR) is 132 cm³/mol. The molecule has 0 aliphatic heterocycles. The lowest BCUT2D eigenvalue weighted by molar-refractivity contribution is -0.384. The van der Waals surface area contributed by atoms with Crippen LogP contribution in [0.4, 0.5) is 11.4 Å². The Balaban J connectivity index is 2.50. The molecule has 190 valence electrons. The molecule has 1 atom stereocenters. The number of nitro benzene ring substituents is 1. The molecule has 0 saturated carbocycles. The van der Waals surface area contributed by atoms with Crippen LogP contribution in [-0.4, -0.2) is 62.6 Å². The number of ether oxygens (including phenoxy) is 1. The van der Waals surface area contributed by atoms with Crippen LogP contribution in [0.25, 0.3) is 0 Å². The van der Waals surface area contributed by atoms with Crippen LogP contribution in [0.5, 0.6) is 5.75 Å². The highest BCUT2D eigenvalue weighted by Crippen LogP contribution is 2.33. The van der Waals surface area contributed by atoms with Gasteiger partial charge < -0.3 is 15.0 Å². The van der Waals surface area contributed by atoms with Crippen molar-refractivity contribution in [2.24, 2.45) is 0 Å². The molecule has 11 nitrogen and oxygen atoms in total. The van der Waals surface area contributed by atoms with Crippen molar-refractivity contribution in [1.82, 2.24) is 10.2 Å². The van der Waals surface area contributed by atoms with Crippen LogP contribution < -0.4 is 14.4 Å². The monoisotopic (exact) mass is 526 g/mol. The number of carbonyl (C=O) groups is 2. The van der Waals surface area contributed by atoms with E-state index in [0.717, 1.165) is 22.7 Å². The van der Waals surface area contributed by atoms with E-state index in [1.807, 2.05) is 0 Å². The van der Waals surface area contributed by atoms with Crippen LogP contribution in [0.2, 0.25) is 5.02 Å². The van der Waals surface area contributed by atoms with Gasteiger partial charge in [0, 0.05) is 30.2 Å². The third kappa shape index (κ3) is 7.30. The minimum atomic E-state index is -4.09. The number of nitro groups is 1. The van der Waals surface area contributed by atoms with Crippen molar-refractivity contribution in [2.45, 2.75) is 26.4 Å². The molecule has 35 heavy (non-hydrogen) atoms.